The third kappa shape index (κ3) is 3.45. The molecule has 0 unspecified atom stereocenters. The molecule has 0 saturated heterocycles. The Labute approximate surface area is 116 Å². The van der Waals surface area contributed by atoms with Gasteiger partial charge in [0.1, 0.15) is 12.4 Å². The zero-order valence-electron chi connectivity index (χ0n) is 11.3. The van der Waals surface area contributed by atoms with Gasteiger partial charge in [-0.15, -0.1) is 0 Å². The minimum atomic E-state index is -0.578. The number of aromatic nitrogens is 1. The lowest BCUT2D eigenvalue weighted by atomic mass is 10.1. The van der Waals surface area contributed by atoms with Crippen LogP contribution < -0.4 is 9.47 Å². The van der Waals surface area contributed by atoms with Gasteiger partial charge in [-0.2, -0.15) is 0 Å². The lowest BCUT2D eigenvalue weighted by Gasteiger charge is -2.13. The molecule has 1 aromatic carbocycles. The van der Waals surface area contributed by atoms with Gasteiger partial charge in [-0.1, -0.05) is 6.07 Å². The molecule has 0 saturated carbocycles. The van der Waals surface area contributed by atoms with Gasteiger partial charge in [-0.3, -0.25) is 4.98 Å². The summed E-state index contributed by atoms with van der Waals surface area (Å²) in [4.78, 5) is 3.76. The lowest BCUT2D eigenvalue weighted by Crippen LogP contribution is -2.00. The van der Waals surface area contributed by atoms with Gasteiger partial charge in [0.15, 0.2) is 11.5 Å². The largest absolute Gasteiger partial charge is 0.493 e. The first-order valence-corrected chi connectivity index (χ1v) is 6.18. The number of nitrogens with zero attached hydrogens (tertiary/aromatic N) is 1. The van der Waals surface area contributed by atoms with Crippen LogP contribution in [0.2, 0.25) is 0 Å². The van der Waals surface area contributed by atoms with E-state index in [0.29, 0.717) is 17.1 Å². The highest BCUT2D eigenvalue weighted by Crippen LogP contribution is 2.30. The molecule has 0 fully saturated rings. The summed E-state index contributed by atoms with van der Waals surface area (Å²) < 4.78 is 23.8. The number of methoxy groups -OCH3 is 1. The highest BCUT2D eigenvalue weighted by Gasteiger charge is 2.09. The van der Waals surface area contributed by atoms with Crippen LogP contribution in [0.3, 0.4) is 0 Å². The summed E-state index contributed by atoms with van der Waals surface area (Å²) in [5.41, 5.74) is 1.37. The van der Waals surface area contributed by atoms with Crippen molar-refractivity contribution in [2.24, 2.45) is 0 Å². The molecule has 0 aliphatic heterocycles. The van der Waals surface area contributed by atoms with E-state index < -0.39 is 11.9 Å². The molecule has 0 aliphatic rings. The number of hydrogen-bond acceptors (Lipinski definition) is 4. The Hall–Kier alpha value is -2.14. The third-order valence-electron chi connectivity index (χ3n) is 2.83. The Morgan fingerprint density at radius 2 is 2.05 bits per heavy atom. The zero-order valence-corrected chi connectivity index (χ0v) is 11.3. The number of rotatable bonds is 5. The molecule has 2 rings (SSSR count). The maximum absolute atomic E-state index is 13.0. The number of aliphatic hydroxyl groups excluding tert-OH is 1. The van der Waals surface area contributed by atoms with Crippen LogP contribution in [0.4, 0.5) is 4.39 Å². The van der Waals surface area contributed by atoms with Crippen LogP contribution in [0.1, 0.15) is 24.2 Å². The van der Waals surface area contributed by atoms with Crippen molar-refractivity contribution in [2.45, 2.75) is 19.6 Å². The summed E-state index contributed by atoms with van der Waals surface area (Å²) in [6.45, 7) is 1.86. The van der Waals surface area contributed by atoms with Crippen molar-refractivity contribution in [1.29, 1.82) is 0 Å². The molecule has 0 spiro atoms. The SMILES string of the molecule is COc1cc([C@H](C)O)ccc1OCc1cncc(F)c1. The maximum Gasteiger partial charge on any atom is 0.161 e. The summed E-state index contributed by atoms with van der Waals surface area (Å²) >= 11 is 0. The highest BCUT2D eigenvalue weighted by atomic mass is 19.1. The van der Waals surface area contributed by atoms with Crippen molar-refractivity contribution >= 4 is 0 Å². The Bertz CT molecular complexity index is 587. The fourth-order valence-electron chi connectivity index (χ4n) is 1.76. The standard InChI is InChI=1S/C15H16FNO3/c1-10(18)12-3-4-14(15(6-12)19-2)20-9-11-5-13(16)8-17-7-11/h3-8,10,18H,9H2,1-2H3/t10-/m0/s1. The Morgan fingerprint density at radius 3 is 2.70 bits per heavy atom. The third-order valence-corrected chi connectivity index (χ3v) is 2.83. The molecule has 5 heteroatoms. The first-order chi connectivity index (χ1) is 9.60. The molecule has 2 aromatic rings. The van der Waals surface area contributed by atoms with E-state index in [4.69, 9.17) is 9.47 Å². The zero-order chi connectivity index (χ0) is 14.5. The smallest absolute Gasteiger partial charge is 0.161 e. The fourth-order valence-corrected chi connectivity index (χ4v) is 1.76. The van der Waals surface area contributed by atoms with Crippen molar-refractivity contribution in [3.05, 3.63) is 53.6 Å². The molecule has 0 radical (unpaired) electrons. The van der Waals surface area contributed by atoms with Crippen molar-refractivity contribution in [1.82, 2.24) is 4.98 Å². The first kappa shape index (κ1) is 14.3. The summed E-state index contributed by atoms with van der Waals surface area (Å²) in [5.74, 6) is 0.649. The molecule has 0 bridgehead atoms. The Morgan fingerprint density at radius 1 is 1.25 bits per heavy atom. The topological polar surface area (TPSA) is 51.6 Å². The number of hydrogen-bond donors (Lipinski definition) is 1. The lowest BCUT2D eigenvalue weighted by molar-refractivity contribution is 0.198. The number of aliphatic hydroxyl groups is 1. The number of ether oxygens (including phenoxy) is 2. The number of pyridine rings is 1. The highest BCUT2D eigenvalue weighted by molar-refractivity contribution is 5.43. The van der Waals surface area contributed by atoms with Gasteiger partial charge in [0.25, 0.3) is 0 Å². The molecule has 106 valence electrons. The van der Waals surface area contributed by atoms with E-state index in [1.807, 2.05) is 0 Å². The quantitative estimate of drug-likeness (QED) is 0.913. The van der Waals surface area contributed by atoms with E-state index in [1.54, 1.807) is 31.3 Å². The predicted octanol–water partition coefficient (Wildman–Crippen LogP) is 2.86. The number of halogens is 1. The second-order valence-corrected chi connectivity index (χ2v) is 4.39. The van der Waals surface area contributed by atoms with Crippen molar-refractivity contribution in [2.75, 3.05) is 7.11 Å². The molecule has 4 nitrogen and oxygen atoms in total. The van der Waals surface area contributed by atoms with E-state index in [0.717, 1.165) is 11.8 Å². The molecule has 0 amide bonds. The molecule has 0 aliphatic carbocycles. The molecule has 1 aromatic heterocycles. The summed E-state index contributed by atoms with van der Waals surface area (Å²) in [7, 11) is 1.53. The summed E-state index contributed by atoms with van der Waals surface area (Å²) in [6.07, 6.45) is 2.10. The number of benzene rings is 1. The van der Waals surface area contributed by atoms with Crippen LogP contribution in [-0.2, 0) is 6.61 Å². The van der Waals surface area contributed by atoms with E-state index >= 15 is 0 Å². The maximum atomic E-state index is 13.0. The van der Waals surface area contributed by atoms with E-state index in [-0.39, 0.29) is 6.61 Å². The average Bonchev–Trinajstić information content (AvgIpc) is 2.45. The average molecular weight is 277 g/mol. The van der Waals surface area contributed by atoms with Gasteiger partial charge in [0, 0.05) is 11.8 Å². The monoisotopic (exact) mass is 277 g/mol. The van der Waals surface area contributed by atoms with E-state index in [9.17, 15) is 9.50 Å². The van der Waals surface area contributed by atoms with Crippen LogP contribution in [0.5, 0.6) is 11.5 Å². The molecule has 1 atom stereocenters. The van der Waals surface area contributed by atoms with Gasteiger partial charge in [0.2, 0.25) is 0 Å². The van der Waals surface area contributed by atoms with Crippen molar-refractivity contribution in [3.63, 3.8) is 0 Å². The Balaban J connectivity index is 2.13. The normalized spacial score (nSPS) is 12.0. The van der Waals surface area contributed by atoms with Gasteiger partial charge in [0.05, 0.1) is 19.4 Å². The second-order valence-electron chi connectivity index (χ2n) is 4.39. The summed E-state index contributed by atoms with van der Waals surface area (Å²) in [6, 6.07) is 6.55. The van der Waals surface area contributed by atoms with Crippen molar-refractivity contribution < 1.29 is 19.0 Å². The predicted molar refractivity (Wildman–Crippen MR) is 72.2 cm³/mol. The van der Waals surface area contributed by atoms with E-state index in [1.165, 1.54) is 13.2 Å². The van der Waals surface area contributed by atoms with Crippen molar-refractivity contribution in [3.8, 4) is 11.5 Å². The van der Waals surface area contributed by atoms with Crippen LogP contribution in [0.25, 0.3) is 0 Å². The van der Waals surface area contributed by atoms with Gasteiger partial charge in [-0.25, -0.2) is 4.39 Å². The molecule has 20 heavy (non-hydrogen) atoms. The van der Waals surface area contributed by atoms with E-state index in [2.05, 4.69) is 4.98 Å². The fraction of sp³-hybridized carbons (Fsp3) is 0.267. The Kier molecular flexibility index (Phi) is 4.53. The van der Waals surface area contributed by atoms with Crippen LogP contribution in [0.15, 0.2) is 36.7 Å². The van der Waals surface area contributed by atoms with Crippen LogP contribution in [-0.4, -0.2) is 17.2 Å². The molecule has 1 N–H and O–H groups in total. The van der Waals surface area contributed by atoms with Gasteiger partial charge < -0.3 is 14.6 Å². The second kappa shape index (κ2) is 6.34. The molecular weight excluding hydrogens is 261 g/mol. The first-order valence-electron chi connectivity index (χ1n) is 6.18. The summed E-state index contributed by atoms with van der Waals surface area (Å²) in [5, 5.41) is 9.53. The van der Waals surface area contributed by atoms with Crippen LogP contribution >= 0.6 is 0 Å². The minimum Gasteiger partial charge on any atom is -0.493 e. The van der Waals surface area contributed by atoms with Gasteiger partial charge in [-0.05, 0) is 30.7 Å². The van der Waals surface area contributed by atoms with Crippen LogP contribution in [0, 0.1) is 5.82 Å². The molecule has 1 heterocycles. The minimum absolute atomic E-state index is 0.190. The molecular formula is C15H16FNO3. The van der Waals surface area contributed by atoms with Gasteiger partial charge >= 0.3 is 0 Å².